The van der Waals surface area contributed by atoms with Crippen LogP contribution in [-0.4, -0.2) is 139 Å². The number of hydrogen-bond donors (Lipinski definition) is 8. The van der Waals surface area contributed by atoms with Crippen molar-refractivity contribution in [2.75, 3.05) is 26.4 Å². The standard InChI is InChI=1S/C50H83N8O13P/c1-34(2)28-38(54-48(65)41-23-19-26-58(41)42(60)24-27-69-50(7,8)32-70-49(4,5)6)45(62)53-39(46(63)55-40(31-59)47(64)56-43(44(51)61)35(3)71-72(66,67)68)29-37-30-52-33-57(37)25-18-13-11-9-10-12-15-20-36-21-16-14-17-22-36/h14,16-17,21-22,30,33-35,38-41,43,59H,9-13,15,18-20,23-29,31-32H2,1-8H3,(H2,51,61)(H,53,62)(H,54,65)(H,55,63)(H,56,64)(H2,66,67,68)/t35-,38+,39+,40+,41+,43?/m1/s1. The van der Waals surface area contributed by atoms with Gasteiger partial charge in [0, 0.05) is 31.4 Å². The number of likely N-dealkylation sites (tertiary alicyclic amines) is 1. The van der Waals surface area contributed by atoms with Crippen LogP contribution in [0.1, 0.15) is 137 Å². The number of amides is 6. The zero-order valence-electron chi connectivity index (χ0n) is 43.6. The summed E-state index contributed by atoms with van der Waals surface area (Å²) >= 11 is 0. The number of carbonyl (C=O) groups excluding carboxylic acids is 6. The van der Waals surface area contributed by atoms with E-state index in [0.717, 1.165) is 58.3 Å². The molecule has 22 heteroatoms. The van der Waals surface area contributed by atoms with Crippen molar-refractivity contribution in [3.8, 4) is 0 Å². The summed E-state index contributed by atoms with van der Waals surface area (Å²) in [7, 11) is -5.13. The minimum atomic E-state index is -5.13. The number of aryl methyl sites for hydroxylation is 2. The van der Waals surface area contributed by atoms with Gasteiger partial charge < -0.3 is 60.8 Å². The number of hydrogen-bond acceptors (Lipinski definition) is 12. The Bertz CT molecular complexity index is 2080. The van der Waals surface area contributed by atoms with Crippen LogP contribution in [0.3, 0.4) is 0 Å². The molecule has 1 saturated heterocycles. The Morgan fingerprint density at radius 3 is 2.06 bits per heavy atom. The lowest BCUT2D eigenvalue weighted by Crippen LogP contribution is -2.61. The fourth-order valence-corrected chi connectivity index (χ4v) is 8.82. The molecule has 1 aliphatic rings. The smallest absolute Gasteiger partial charge is 0.394 e. The maximum absolute atomic E-state index is 14.3. The monoisotopic (exact) mass is 1030 g/mol. The number of aliphatic hydroxyl groups is 1. The molecule has 6 amide bonds. The van der Waals surface area contributed by atoms with Gasteiger partial charge in [-0.3, -0.25) is 33.3 Å². The molecule has 9 N–H and O–H groups in total. The molecule has 0 spiro atoms. The zero-order chi connectivity index (χ0) is 53.6. The third-order valence-electron chi connectivity index (χ3n) is 12.1. The van der Waals surface area contributed by atoms with Crippen LogP contribution < -0.4 is 27.0 Å². The van der Waals surface area contributed by atoms with Crippen molar-refractivity contribution in [3.05, 3.63) is 54.1 Å². The molecule has 1 aliphatic heterocycles. The highest BCUT2D eigenvalue weighted by atomic mass is 31.2. The number of rotatable bonds is 33. The lowest BCUT2D eigenvalue weighted by molar-refractivity contribution is -0.143. The van der Waals surface area contributed by atoms with Crippen LogP contribution in [0.4, 0.5) is 0 Å². The van der Waals surface area contributed by atoms with Crippen LogP contribution in [0.5, 0.6) is 0 Å². The summed E-state index contributed by atoms with van der Waals surface area (Å²) in [5, 5.41) is 20.4. The van der Waals surface area contributed by atoms with Gasteiger partial charge in [0.25, 0.3) is 0 Å². The number of carbonyl (C=O) groups is 6. The molecular formula is C50H83N8O13P. The second kappa shape index (κ2) is 29.8. The van der Waals surface area contributed by atoms with Gasteiger partial charge in [-0.15, -0.1) is 0 Å². The molecule has 1 fully saturated rings. The van der Waals surface area contributed by atoms with Gasteiger partial charge in [-0.25, -0.2) is 9.55 Å². The minimum Gasteiger partial charge on any atom is -0.394 e. The van der Waals surface area contributed by atoms with Gasteiger partial charge >= 0.3 is 7.82 Å². The predicted molar refractivity (Wildman–Crippen MR) is 270 cm³/mol. The number of nitrogens with two attached hydrogens (primary N) is 1. The number of primary amides is 1. The van der Waals surface area contributed by atoms with E-state index in [4.69, 9.17) is 15.2 Å². The Balaban J connectivity index is 1.76. The van der Waals surface area contributed by atoms with Crippen molar-refractivity contribution < 1.29 is 62.2 Å². The van der Waals surface area contributed by atoms with E-state index in [1.807, 2.05) is 59.1 Å². The van der Waals surface area contributed by atoms with Gasteiger partial charge in [0.2, 0.25) is 35.4 Å². The van der Waals surface area contributed by atoms with E-state index in [2.05, 4.69) is 55.0 Å². The fraction of sp³-hybridized carbons (Fsp3) is 0.700. The van der Waals surface area contributed by atoms with E-state index in [1.54, 1.807) is 12.5 Å². The van der Waals surface area contributed by atoms with Gasteiger partial charge in [0.05, 0.1) is 49.9 Å². The molecule has 2 heterocycles. The largest absolute Gasteiger partial charge is 0.469 e. The first kappa shape index (κ1) is 61.5. The van der Waals surface area contributed by atoms with Crippen LogP contribution in [0.25, 0.3) is 0 Å². The number of nitrogens with zero attached hydrogens (tertiary/aromatic N) is 3. The highest BCUT2D eigenvalue weighted by Gasteiger charge is 2.38. The number of unbranched alkanes of at least 4 members (excludes halogenated alkanes) is 6. The highest BCUT2D eigenvalue weighted by molar-refractivity contribution is 7.46. The van der Waals surface area contributed by atoms with E-state index < -0.39 is 85.9 Å². The molecule has 1 aromatic carbocycles. The molecule has 0 saturated carbocycles. The van der Waals surface area contributed by atoms with Crippen LogP contribution in [0, 0.1) is 5.92 Å². The number of nitrogens with one attached hydrogen (secondary N) is 4. The lowest BCUT2D eigenvalue weighted by Gasteiger charge is -2.31. The first-order valence-electron chi connectivity index (χ1n) is 25.2. The Labute approximate surface area is 425 Å². The van der Waals surface area contributed by atoms with Crippen molar-refractivity contribution in [1.29, 1.82) is 0 Å². The van der Waals surface area contributed by atoms with E-state index in [1.165, 1.54) is 10.5 Å². The van der Waals surface area contributed by atoms with E-state index in [9.17, 15) is 48.2 Å². The SMILES string of the molecule is CC(C)C[C@H](NC(=O)[C@@H]1CCCN1C(=O)CCOC(C)(C)COC(C)(C)C)C(=O)N[C@@H](Cc1cncn1CCCCCCCCCc1ccccc1)C(=O)N[C@@H](CO)C(=O)NC(C(N)=O)[C@@H](C)OP(=O)(O)O. The summed E-state index contributed by atoms with van der Waals surface area (Å²) in [6.45, 7) is 14.7. The predicted octanol–water partition coefficient (Wildman–Crippen LogP) is 3.35. The molecule has 0 bridgehead atoms. The molecule has 0 aliphatic carbocycles. The number of imidazole rings is 1. The molecule has 3 rings (SSSR count). The van der Waals surface area contributed by atoms with Gasteiger partial charge in [-0.1, -0.05) is 76.3 Å². The fourth-order valence-electron chi connectivity index (χ4n) is 8.27. The molecular weight excluding hydrogens is 952 g/mol. The molecule has 21 nitrogen and oxygen atoms in total. The second-order valence-electron chi connectivity index (χ2n) is 20.7. The average Bonchev–Trinajstić information content (AvgIpc) is 3.97. The lowest BCUT2D eigenvalue weighted by atomic mass is 10.0. The van der Waals surface area contributed by atoms with Crippen molar-refractivity contribution in [1.82, 2.24) is 35.7 Å². The molecule has 1 unspecified atom stereocenters. The molecule has 1 aromatic heterocycles. The highest BCUT2D eigenvalue weighted by Crippen LogP contribution is 2.38. The van der Waals surface area contributed by atoms with Gasteiger partial charge in [-0.05, 0) is 91.5 Å². The minimum absolute atomic E-state index is 0.0256. The third kappa shape index (κ3) is 23.0. The average molecular weight is 1040 g/mol. The topological polar surface area (TPSA) is 303 Å². The summed E-state index contributed by atoms with van der Waals surface area (Å²) in [4.78, 5) is 106. The Kier molecular flexibility index (Phi) is 25.5. The molecule has 6 atom stereocenters. The van der Waals surface area contributed by atoms with Gasteiger partial charge in [0.15, 0.2) is 0 Å². The Hall–Kier alpha value is -4.76. The zero-order valence-corrected chi connectivity index (χ0v) is 44.5. The summed E-state index contributed by atoms with van der Waals surface area (Å²) in [6.07, 6.45) is 10.9. The van der Waals surface area contributed by atoms with Gasteiger partial charge in [-0.2, -0.15) is 0 Å². The summed E-state index contributed by atoms with van der Waals surface area (Å²) in [5.41, 5.74) is 6.28. The molecule has 0 radical (unpaired) electrons. The molecule has 406 valence electrons. The van der Waals surface area contributed by atoms with Crippen LogP contribution in [-0.2, 0) is 66.7 Å². The number of aliphatic hydroxyl groups excluding tert-OH is 1. The maximum atomic E-state index is 14.3. The van der Waals surface area contributed by atoms with Crippen molar-refractivity contribution in [3.63, 3.8) is 0 Å². The number of benzene rings is 1. The first-order valence-corrected chi connectivity index (χ1v) is 26.8. The number of ether oxygens (including phenoxy) is 2. The van der Waals surface area contributed by atoms with Crippen molar-refractivity contribution in [2.24, 2.45) is 11.7 Å². The molecule has 2 aromatic rings. The van der Waals surface area contributed by atoms with Crippen molar-refractivity contribution >= 4 is 43.3 Å². The number of phosphoric ester groups is 1. The van der Waals surface area contributed by atoms with Gasteiger partial charge in [0.1, 0.15) is 30.2 Å². The normalized spacial score (nSPS) is 16.4. The first-order chi connectivity index (χ1) is 33.8. The van der Waals surface area contributed by atoms with Crippen molar-refractivity contribution in [2.45, 2.75) is 193 Å². The van der Waals surface area contributed by atoms with E-state index in [-0.39, 0.29) is 43.3 Å². The van der Waals surface area contributed by atoms with Crippen LogP contribution >= 0.6 is 7.82 Å². The van der Waals surface area contributed by atoms with E-state index >= 15 is 0 Å². The maximum Gasteiger partial charge on any atom is 0.469 e. The molecule has 72 heavy (non-hydrogen) atoms. The Morgan fingerprint density at radius 1 is 0.833 bits per heavy atom. The van der Waals surface area contributed by atoms with E-state index in [0.29, 0.717) is 38.2 Å². The number of phosphoric acid groups is 1. The quantitative estimate of drug-likeness (QED) is 0.0376. The summed E-state index contributed by atoms with van der Waals surface area (Å²) in [6, 6.07) is 3.46. The van der Waals surface area contributed by atoms with Crippen LogP contribution in [0.2, 0.25) is 0 Å². The second-order valence-corrected chi connectivity index (χ2v) is 21.9. The number of aromatic nitrogens is 2. The van der Waals surface area contributed by atoms with Crippen LogP contribution in [0.15, 0.2) is 42.9 Å². The Morgan fingerprint density at radius 2 is 1.44 bits per heavy atom. The third-order valence-corrected chi connectivity index (χ3v) is 12.7. The summed E-state index contributed by atoms with van der Waals surface area (Å²) in [5.74, 6) is -4.95. The summed E-state index contributed by atoms with van der Waals surface area (Å²) < 4.78 is 29.7.